The van der Waals surface area contributed by atoms with Crippen LogP contribution in [-0.2, 0) is 0 Å². The Morgan fingerprint density at radius 3 is 2.60 bits per heavy atom. The fourth-order valence-corrected chi connectivity index (χ4v) is 1.44. The van der Waals surface area contributed by atoms with Gasteiger partial charge in [0.2, 0.25) is 11.9 Å². The highest BCUT2D eigenvalue weighted by Gasteiger charge is 2.16. The van der Waals surface area contributed by atoms with Crippen molar-refractivity contribution in [3.8, 4) is 5.95 Å². The first-order valence-corrected chi connectivity index (χ1v) is 6.50. The molecule has 4 N–H and O–H groups in total. The number of nitrogens with one attached hydrogen (secondary N) is 2. The minimum absolute atomic E-state index is 0.162. The van der Waals surface area contributed by atoms with Gasteiger partial charge in [0.25, 0.3) is 5.95 Å². The van der Waals surface area contributed by atoms with Gasteiger partial charge in [-0.3, -0.25) is 5.43 Å². The van der Waals surface area contributed by atoms with Crippen LogP contribution in [0.4, 0.5) is 11.9 Å². The number of nitrogens with zero attached hydrogens (tertiary/aromatic N) is 5. The summed E-state index contributed by atoms with van der Waals surface area (Å²) in [6.45, 7) is 7.27. The third kappa shape index (κ3) is 3.41. The fraction of sp³-hybridized carbons (Fsp3) is 0.500. The van der Waals surface area contributed by atoms with Gasteiger partial charge < -0.3 is 5.32 Å². The molecule has 0 saturated carbocycles. The van der Waals surface area contributed by atoms with Crippen molar-refractivity contribution in [2.45, 2.75) is 27.2 Å². The maximum Gasteiger partial charge on any atom is 0.257 e. The van der Waals surface area contributed by atoms with E-state index in [-0.39, 0.29) is 5.41 Å². The molecule has 2 rings (SSSR count). The first-order valence-electron chi connectivity index (χ1n) is 6.50. The molecule has 0 aliphatic heterocycles. The van der Waals surface area contributed by atoms with Crippen LogP contribution in [0.3, 0.4) is 0 Å². The summed E-state index contributed by atoms with van der Waals surface area (Å²) in [6, 6.07) is 1.80. The maximum absolute atomic E-state index is 5.39. The largest absolute Gasteiger partial charge is 0.353 e. The Balaban J connectivity index is 2.23. The molecule has 0 fully saturated rings. The standard InChI is InChI=1S/C12H20N8/c1-4-12(2,3)8-14-9-16-10(19-13)18-11(17-9)20-7-5-6-15-20/h5-7H,4,8,13H2,1-3H3,(H2,14,16,17,18,19). The van der Waals surface area contributed by atoms with Crippen LogP contribution < -0.4 is 16.6 Å². The number of rotatable bonds is 6. The van der Waals surface area contributed by atoms with Crippen LogP contribution in [-0.4, -0.2) is 31.3 Å². The van der Waals surface area contributed by atoms with Gasteiger partial charge >= 0.3 is 0 Å². The van der Waals surface area contributed by atoms with Gasteiger partial charge in [0.1, 0.15) is 0 Å². The van der Waals surface area contributed by atoms with Crippen molar-refractivity contribution in [2.24, 2.45) is 11.3 Å². The number of anilines is 2. The molecular weight excluding hydrogens is 256 g/mol. The van der Waals surface area contributed by atoms with Crippen molar-refractivity contribution in [1.29, 1.82) is 0 Å². The molecule has 0 aliphatic rings. The highest BCUT2D eigenvalue weighted by atomic mass is 15.4. The van der Waals surface area contributed by atoms with Crippen molar-refractivity contribution in [2.75, 3.05) is 17.3 Å². The van der Waals surface area contributed by atoms with Crippen molar-refractivity contribution in [3.05, 3.63) is 18.5 Å². The Labute approximate surface area is 117 Å². The van der Waals surface area contributed by atoms with Gasteiger partial charge in [0, 0.05) is 18.9 Å². The van der Waals surface area contributed by atoms with E-state index in [0.717, 1.165) is 13.0 Å². The minimum Gasteiger partial charge on any atom is -0.353 e. The average molecular weight is 276 g/mol. The molecule has 8 heteroatoms. The highest BCUT2D eigenvalue weighted by Crippen LogP contribution is 2.19. The number of hydrogen-bond donors (Lipinski definition) is 3. The monoisotopic (exact) mass is 276 g/mol. The van der Waals surface area contributed by atoms with Gasteiger partial charge in [-0.2, -0.15) is 20.1 Å². The highest BCUT2D eigenvalue weighted by molar-refractivity contribution is 5.37. The number of nitrogens with two attached hydrogens (primary N) is 1. The van der Waals surface area contributed by atoms with E-state index in [2.05, 4.69) is 51.6 Å². The maximum atomic E-state index is 5.39. The molecule has 0 aliphatic carbocycles. The molecule has 2 aromatic heterocycles. The first kappa shape index (κ1) is 14.2. The van der Waals surface area contributed by atoms with E-state index in [1.54, 1.807) is 23.1 Å². The zero-order valence-corrected chi connectivity index (χ0v) is 12.0. The zero-order valence-electron chi connectivity index (χ0n) is 12.0. The van der Waals surface area contributed by atoms with Gasteiger partial charge in [-0.15, -0.1) is 0 Å². The molecule has 2 aromatic rings. The number of hydrogen-bond acceptors (Lipinski definition) is 7. The molecule has 0 unspecified atom stereocenters. The Kier molecular flexibility index (Phi) is 4.14. The Morgan fingerprint density at radius 1 is 1.25 bits per heavy atom. The van der Waals surface area contributed by atoms with Crippen LogP contribution in [0.25, 0.3) is 5.95 Å². The molecule has 8 nitrogen and oxygen atoms in total. The summed E-state index contributed by atoms with van der Waals surface area (Å²) < 4.78 is 1.55. The van der Waals surface area contributed by atoms with Gasteiger partial charge in [-0.25, -0.2) is 10.5 Å². The van der Waals surface area contributed by atoms with Crippen molar-refractivity contribution in [3.63, 3.8) is 0 Å². The summed E-state index contributed by atoms with van der Waals surface area (Å²) in [5.41, 5.74) is 2.60. The predicted molar refractivity (Wildman–Crippen MR) is 77.3 cm³/mol. The number of nitrogen functional groups attached to an aromatic ring is 1. The Morgan fingerprint density at radius 2 is 2.00 bits per heavy atom. The van der Waals surface area contributed by atoms with Crippen molar-refractivity contribution in [1.82, 2.24) is 24.7 Å². The molecule has 108 valence electrons. The molecule has 20 heavy (non-hydrogen) atoms. The topological polar surface area (TPSA) is 107 Å². The van der Waals surface area contributed by atoms with Crippen molar-refractivity contribution < 1.29 is 0 Å². The van der Waals surface area contributed by atoms with E-state index < -0.39 is 0 Å². The molecular formula is C12H20N8. The fourth-order valence-electron chi connectivity index (χ4n) is 1.44. The van der Waals surface area contributed by atoms with E-state index in [1.165, 1.54) is 0 Å². The van der Waals surface area contributed by atoms with E-state index in [0.29, 0.717) is 17.8 Å². The second kappa shape index (κ2) is 5.83. The number of hydrazine groups is 1. The summed E-state index contributed by atoms with van der Waals surface area (Å²) in [7, 11) is 0. The summed E-state index contributed by atoms with van der Waals surface area (Å²) in [5.74, 6) is 6.57. The minimum atomic E-state index is 0.162. The van der Waals surface area contributed by atoms with E-state index in [4.69, 9.17) is 5.84 Å². The van der Waals surface area contributed by atoms with Crippen LogP contribution in [0.15, 0.2) is 18.5 Å². The summed E-state index contributed by atoms with van der Waals surface area (Å²) in [4.78, 5) is 12.7. The lowest BCUT2D eigenvalue weighted by Gasteiger charge is -2.22. The molecule has 0 atom stereocenters. The third-order valence-corrected chi connectivity index (χ3v) is 3.14. The lowest BCUT2D eigenvalue weighted by atomic mass is 9.90. The number of aromatic nitrogens is 5. The van der Waals surface area contributed by atoms with Gasteiger partial charge in [0.15, 0.2) is 0 Å². The zero-order chi connectivity index (χ0) is 14.6. The summed E-state index contributed by atoms with van der Waals surface area (Å²) in [5, 5.41) is 7.31. The quantitative estimate of drug-likeness (QED) is 0.537. The third-order valence-electron chi connectivity index (χ3n) is 3.14. The van der Waals surface area contributed by atoms with Crippen LogP contribution in [0.5, 0.6) is 0 Å². The molecule has 0 aromatic carbocycles. The average Bonchev–Trinajstić information content (AvgIpc) is 2.99. The second-order valence-corrected chi connectivity index (χ2v) is 5.25. The van der Waals surface area contributed by atoms with Crippen LogP contribution in [0.2, 0.25) is 0 Å². The first-order chi connectivity index (χ1) is 9.54. The van der Waals surface area contributed by atoms with Crippen molar-refractivity contribution >= 4 is 11.9 Å². The Hall–Kier alpha value is -2.22. The van der Waals surface area contributed by atoms with Gasteiger partial charge in [-0.1, -0.05) is 20.8 Å². The molecule has 0 radical (unpaired) electrons. The molecule has 0 bridgehead atoms. The Bertz CT molecular complexity index is 549. The van der Waals surface area contributed by atoms with E-state index in [9.17, 15) is 0 Å². The lowest BCUT2D eigenvalue weighted by Crippen LogP contribution is -2.24. The van der Waals surface area contributed by atoms with Crippen LogP contribution in [0.1, 0.15) is 27.2 Å². The van der Waals surface area contributed by atoms with Crippen LogP contribution in [0, 0.1) is 5.41 Å². The van der Waals surface area contributed by atoms with E-state index >= 15 is 0 Å². The molecule has 0 amide bonds. The summed E-state index contributed by atoms with van der Waals surface area (Å²) in [6.07, 6.45) is 4.47. The predicted octanol–water partition coefficient (Wildman–Crippen LogP) is 1.19. The second-order valence-electron chi connectivity index (χ2n) is 5.25. The smallest absolute Gasteiger partial charge is 0.257 e. The summed E-state index contributed by atoms with van der Waals surface area (Å²) >= 11 is 0. The SMILES string of the molecule is CCC(C)(C)CNc1nc(NN)nc(-n2cccn2)n1. The van der Waals surface area contributed by atoms with E-state index in [1.807, 2.05) is 0 Å². The normalized spacial score (nSPS) is 11.4. The lowest BCUT2D eigenvalue weighted by molar-refractivity contribution is 0.376. The van der Waals surface area contributed by atoms with Gasteiger partial charge in [0.05, 0.1) is 0 Å². The molecule has 2 heterocycles. The van der Waals surface area contributed by atoms with Gasteiger partial charge in [-0.05, 0) is 17.9 Å². The molecule has 0 saturated heterocycles. The van der Waals surface area contributed by atoms with Crippen LogP contribution >= 0.6 is 0 Å². The molecule has 0 spiro atoms.